The van der Waals surface area contributed by atoms with E-state index in [1.807, 2.05) is 6.07 Å². The van der Waals surface area contributed by atoms with Crippen LogP contribution in [-0.4, -0.2) is 11.5 Å². The van der Waals surface area contributed by atoms with Gasteiger partial charge in [-0.25, -0.2) is 4.98 Å². The Bertz CT molecular complexity index is 302. The van der Waals surface area contributed by atoms with Gasteiger partial charge in [0, 0.05) is 17.2 Å². The zero-order valence-corrected chi connectivity index (χ0v) is 11.5. The molecule has 0 saturated carbocycles. The molecular formula is C10H14Br2N2. The van der Waals surface area contributed by atoms with E-state index in [0.29, 0.717) is 5.92 Å². The van der Waals surface area contributed by atoms with E-state index in [9.17, 15) is 0 Å². The van der Waals surface area contributed by atoms with Crippen molar-refractivity contribution in [1.82, 2.24) is 4.98 Å². The predicted molar refractivity (Wildman–Crippen MR) is 67.6 cm³/mol. The van der Waals surface area contributed by atoms with Gasteiger partial charge in [0.2, 0.25) is 0 Å². The monoisotopic (exact) mass is 320 g/mol. The Hall–Kier alpha value is -0.0900. The van der Waals surface area contributed by atoms with Crippen LogP contribution in [0.4, 0.5) is 5.82 Å². The molecular weight excluding hydrogens is 308 g/mol. The molecule has 0 saturated heterocycles. The molecule has 0 bridgehead atoms. The minimum atomic E-state index is 0.673. The summed E-state index contributed by atoms with van der Waals surface area (Å²) in [6.45, 7) is 5.37. The summed E-state index contributed by atoms with van der Waals surface area (Å²) >= 11 is 6.83. The van der Waals surface area contributed by atoms with Gasteiger partial charge in [0.15, 0.2) is 0 Å². The van der Waals surface area contributed by atoms with E-state index in [2.05, 4.69) is 56.0 Å². The highest BCUT2D eigenvalue weighted by Gasteiger charge is 2.03. The van der Waals surface area contributed by atoms with Gasteiger partial charge < -0.3 is 5.32 Å². The molecule has 1 aromatic rings. The molecule has 1 atom stereocenters. The summed E-state index contributed by atoms with van der Waals surface area (Å²) in [5.74, 6) is 1.58. The number of rotatable bonds is 4. The zero-order valence-electron chi connectivity index (χ0n) is 8.35. The van der Waals surface area contributed by atoms with Crippen LogP contribution >= 0.6 is 31.9 Å². The molecule has 2 nitrogen and oxygen atoms in total. The number of aromatic nitrogens is 1. The van der Waals surface area contributed by atoms with Crippen molar-refractivity contribution in [3.63, 3.8) is 0 Å². The van der Waals surface area contributed by atoms with Crippen molar-refractivity contribution in [3.05, 3.63) is 21.2 Å². The maximum atomic E-state index is 4.28. The number of hydrogen-bond acceptors (Lipinski definition) is 2. The summed E-state index contributed by atoms with van der Waals surface area (Å²) in [6, 6.07) is 1.99. The van der Waals surface area contributed by atoms with Crippen LogP contribution in [0, 0.1) is 5.92 Å². The Morgan fingerprint density at radius 3 is 2.79 bits per heavy atom. The van der Waals surface area contributed by atoms with E-state index in [1.165, 1.54) is 6.42 Å². The molecule has 0 spiro atoms. The highest BCUT2D eigenvalue weighted by Crippen LogP contribution is 2.23. The molecule has 1 unspecified atom stereocenters. The van der Waals surface area contributed by atoms with Crippen molar-refractivity contribution in [2.75, 3.05) is 11.9 Å². The van der Waals surface area contributed by atoms with Crippen molar-refractivity contribution >= 4 is 37.7 Å². The summed E-state index contributed by atoms with van der Waals surface area (Å²) in [5, 5.41) is 3.31. The Kier molecular flexibility index (Phi) is 4.89. The predicted octanol–water partition coefficient (Wildman–Crippen LogP) is 4.06. The minimum absolute atomic E-state index is 0.673. The van der Waals surface area contributed by atoms with Gasteiger partial charge in [-0.3, -0.25) is 0 Å². The average Bonchev–Trinajstić information content (AvgIpc) is 2.16. The lowest BCUT2D eigenvalue weighted by atomic mass is 10.1. The number of pyridine rings is 1. The molecule has 0 radical (unpaired) electrons. The van der Waals surface area contributed by atoms with Gasteiger partial charge in [-0.1, -0.05) is 20.3 Å². The normalized spacial score (nSPS) is 12.6. The van der Waals surface area contributed by atoms with Crippen molar-refractivity contribution in [1.29, 1.82) is 0 Å². The SMILES string of the molecule is CCC(C)CNc1ncc(Br)cc1Br. The fourth-order valence-corrected chi connectivity index (χ4v) is 2.09. The van der Waals surface area contributed by atoms with Crippen LogP contribution in [0.15, 0.2) is 21.2 Å². The molecule has 0 aliphatic carbocycles. The maximum Gasteiger partial charge on any atom is 0.140 e. The largest absolute Gasteiger partial charge is 0.369 e. The van der Waals surface area contributed by atoms with Gasteiger partial charge in [0.25, 0.3) is 0 Å². The van der Waals surface area contributed by atoms with Crippen molar-refractivity contribution < 1.29 is 0 Å². The topological polar surface area (TPSA) is 24.9 Å². The van der Waals surface area contributed by atoms with Crippen molar-refractivity contribution in [2.24, 2.45) is 5.92 Å². The van der Waals surface area contributed by atoms with Crippen LogP contribution < -0.4 is 5.32 Å². The van der Waals surface area contributed by atoms with Crippen LogP contribution in [0.1, 0.15) is 20.3 Å². The summed E-state index contributed by atoms with van der Waals surface area (Å²) in [7, 11) is 0. The molecule has 0 amide bonds. The van der Waals surface area contributed by atoms with Crippen molar-refractivity contribution in [2.45, 2.75) is 20.3 Å². The second kappa shape index (κ2) is 5.71. The maximum absolute atomic E-state index is 4.28. The van der Waals surface area contributed by atoms with E-state index in [1.54, 1.807) is 6.20 Å². The van der Waals surface area contributed by atoms with Gasteiger partial charge in [-0.05, 0) is 43.8 Å². The summed E-state index contributed by atoms with van der Waals surface area (Å²) in [6.07, 6.45) is 2.98. The standard InChI is InChI=1S/C10H14Br2N2/c1-3-7(2)5-13-10-9(12)4-8(11)6-14-10/h4,6-7H,3,5H2,1-2H3,(H,13,14). The second-order valence-corrected chi connectivity index (χ2v) is 5.15. The third-order valence-electron chi connectivity index (χ3n) is 2.12. The van der Waals surface area contributed by atoms with Crippen LogP contribution in [0.2, 0.25) is 0 Å². The third kappa shape index (κ3) is 3.58. The lowest BCUT2D eigenvalue weighted by molar-refractivity contribution is 0.592. The lowest BCUT2D eigenvalue weighted by Crippen LogP contribution is -2.11. The Morgan fingerprint density at radius 2 is 2.21 bits per heavy atom. The van der Waals surface area contributed by atoms with Crippen molar-refractivity contribution in [3.8, 4) is 0 Å². The van der Waals surface area contributed by atoms with Gasteiger partial charge in [-0.15, -0.1) is 0 Å². The van der Waals surface area contributed by atoms with E-state index in [-0.39, 0.29) is 0 Å². The van der Waals surface area contributed by atoms with Crippen LogP contribution in [0.3, 0.4) is 0 Å². The lowest BCUT2D eigenvalue weighted by Gasteiger charge is -2.11. The van der Waals surface area contributed by atoms with Crippen LogP contribution in [-0.2, 0) is 0 Å². The van der Waals surface area contributed by atoms with Crippen LogP contribution in [0.5, 0.6) is 0 Å². The molecule has 1 rings (SSSR count). The van der Waals surface area contributed by atoms with Gasteiger partial charge in [0.1, 0.15) is 5.82 Å². The Morgan fingerprint density at radius 1 is 1.50 bits per heavy atom. The molecule has 0 aliphatic heterocycles. The first-order valence-corrected chi connectivity index (χ1v) is 6.27. The smallest absolute Gasteiger partial charge is 0.140 e. The van der Waals surface area contributed by atoms with E-state index in [4.69, 9.17) is 0 Å². The van der Waals surface area contributed by atoms with Crippen LogP contribution in [0.25, 0.3) is 0 Å². The molecule has 78 valence electrons. The second-order valence-electron chi connectivity index (χ2n) is 3.38. The summed E-state index contributed by atoms with van der Waals surface area (Å²) in [5.41, 5.74) is 0. The molecule has 14 heavy (non-hydrogen) atoms. The first-order chi connectivity index (χ1) is 6.63. The molecule has 1 aromatic heterocycles. The number of anilines is 1. The fourth-order valence-electron chi connectivity index (χ4n) is 0.960. The first-order valence-electron chi connectivity index (χ1n) is 4.68. The molecule has 0 fully saturated rings. The van der Waals surface area contributed by atoms with Gasteiger partial charge >= 0.3 is 0 Å². The van der Waals surface area contributed by atoms with E-state index < -0.39 is 0 Å². The Balaban J connectivity index is 2.59. The highest BCUT2D eigenvalue weighted by molar-refractivity contribution is 9.11. The molecule has 1 heterocycles. The number of nitrogens with one attached hydrogen (secondary N) is 1. The summed E-state index contributed by atoms with van der Waals surface area (Å²) in [4.78, 5) is 4.28. The fraction of sp³-hybridized carbons (Fsp3) is 0.500. The zero-order chi connectivity index (χ0) is 10.6. The quantitative estimate of drug-likeness (QED) is 0.904. The van der Waals surface area contributed by atoms with E-state index >= 15 is 0 Å². The number of hydrogen-bond donors (Lipinski definition) is 1. The van der Waals surface area contributed by atoms with Gasteiger partial charge in [-0.2, -0.15) is 0 Å². The third-order valence-corrected chi connectivity index (χ3v) is 3.16. The number of nitrogens with zero attached hydrogens (tertiary/aromatic N) is 1. The molecule has 1 N–H and O–H groups in total. The summed E-state index contributed by atoms with van der Waals surface area (Å²) < 4.78 is 1.98. The average molecular weight is 322 g/mol. The number of halogens is 2. The molecule has 0 aromatic carbocycles. The van der Waals surface area contributed by atoms with E-state index in [0.717, 1.165) is 21.3 Å². The molecule has 4 heteroatoms. The Labute approximate surface area is 102 Å². The minimum Gasteiger partial charge on any atom is -0.369 e. The first kappa shape index (κ1) is 12.0. The van der Waals surface area contributed by atoms with Gasteiger partial charge in [0.05, 0.1) is 4.47 Å². The molecule has 0 aliphatic rings. The highest BCUT2D eigenvalue weighted by atomic mass is 79.9.